The van der Waals surface area contributed by atoms with E-state index in [1.54, 1.807) is 18.2 Å². The molecule has 2 amide bonds. The van der Waals surface area contributed by atoms with Crippen molar-refractivity contribution in [3.8, 4) is 11.6 Å². The first-order valence-electron chi connectivity index (χ1n) is 7.78. The van der Waals surface area contributed by atoms with E-state index >= 15 is 0 Å². The molecule has 2 aromatic rings. The Hall–Kier alpha value is -2.90. The monoisotopic (exact) mass is 347 g/mol. The number of ether oxygens (including phenoxy) is 2. The van der Waals surface area contributed by atoms with E-state index in [1.807, 2.05) is 0 Å². The fraction of sp³-hybridized carbons (Fsp3) is 0.353. The maximum atomic E-state index is 13.0. The Bertz CT molecular complexity index is 827. The zero-order valence-corrected chi connectivity index (χ0v) is 13.6. The van der Waals surface area contributed by atoms with Gasteiger partial charge in [0.25, 0.3) is 5.91 Å². The summed E-state index contributed by atoms with van der Waals surface area (Å²) in [4.78, 5) is 27.1. The Balaban J connectivity index is 1.89. The van der Waals surface area contributed by atoms with Crippen LogP contribution in [0.1, 0.15) is 16.8 Å². The van der Waals surface area contributed by atoms with Crippen molar-refractivity contribution in [2.75, 3.05) is 20.4 Å². The lowest BCUT2D eigenvalue weighted by Crippen LogP contribution is -2.35. The Morgan fingerprint density at radius 1 is 1.48 bits per heavy atom. The van der Waals surface area contributed by atoms with Gasteiger partial charge in [-0.3, -0.25) is 14.0 Å². The molecule has 8 heteroatoms. The van der Waals surface area contributed by atoms with Crippen LogP contribution in [-0.4, -0.2) is 43.2 Å². The number of nitrogens with zero attached hydrogens (tertiary/aromatic N) is 1. The van der Waals surface area contributed by atoms with Crippen molar-refractivity contribution in [2.45, 2.75) is 12.5 Å². The van der Waals surface area contributed by atoms with Crippen LogP contribution in [0.25, 0.3) is 10.8 Å². The molecule has 1 aromatic heterocycles. The highest BCUT2D eigenvalue weighted by atomic mass is 19.1. The minimum Gasteiger partial charge on any atom is -0.496 e. The van der Waals surface area contributed by atoms with Gasteiger partial charge in [-0.1, -0.05) is 0 Å². The lowest BCUT2D eigenvalue weighted by atomic mass is 10.0. The molecule has 132 valence electrons. The first kappa shape index (κ1) is 16.9. The number of hydrogen-bond donors (Lipinski definition) is 2. The minimum absolute atomic E-state index is 0.103. The smallest absolute Gasteiger partial charge is 0.252 e. The molecule has 25 heavy (non-hydrogen) atoms. The average molecular weight is 347 g/mol. The van der Waals surface area contributed by atoms with Gasteiger partial charge >= 0.3 is 0 Å². The van der Waals surface area contributed by atoms with Crippen LogP contribution < -0.4 is 20.5 Å². The molecule has 1 aliphatic rings. The molecule has 1 fully saturated rings. The number of primary amides is 1. The number of nitrogens with one attached hydrogen (secondary N) is 1. The Labute approximate surface area is 143 Å². The standard InChI is InChI=1S/C17H18FN3O4/c1-24-14-6-11-9(4-12(14)16(19)23)2-3-20-17(11)25-8-13-10(7-18)5-15(22)21-13/h2-4,6,10,13H,5,7-8H2,1H3,(H2,19,23)(H,21,22)/t10?,13-/m1/s1. The molecule has 1 aliphatic heterocycles. The Morgan fingerprint density at radius 2 is 2.28 bits per heavy atom. The second kappa shape index (κ2) is 6.92. The summed E-state index contributed by atoms with van der Waals surface area (Å²) in [6.45, 7) is -0.488. The van der Waals surface area contributed by atoms with Gasteiger partial charge in [-0.25, -0.2) is 4.98 Å². The van der Waals surface area contributed by atoms with Gasteiger partial charge < -0.3 is 20.5 Å². The molecule has 3 N–H and O–H groups in total. The van der Waals surface area contributed by atoms with Gasteiger partial charge in [0.15, 0.2) is 0 Å². The third-order valence-electron chi connectivity index (χ3n) is 4.27. The number of pyridine rings is 1. The van der Waals surface area contributed by atoms with Gasteiger partial charge in [-0.2, -0.15) is 0 Å². The van der Waals surface area contributed by atoms with Crippen molar-refractivity contribution in [1.29, 1.82) is 0 Å². The molecule has 2 heterocycles. The summed E-state index contributed by atoms with van der Waals surface area (Å²) in [5.41, 5.74) is 5.62. The predicted octanol–water partition coefficient (Wildman–Crippen LogP) is 1.20. The van der Waals surface area contributed by atoms with Crippen LogP contribution in [0.5, 0.6) is 11.6 Å². The van der Waals surface area contributed by atoms with E-state index < -0.39 is 24.5 Å². The van der Waals surface area contributed by atoms with Crippen LogP contribution in [0.3, 0.4) is 0 Å². The molecule has 1 aromatic carbocycles. The quantitative estimate of drug-likeness (QED) is 0.817. The predicted molar refractivity (Wildman–Crippen MR) is 88.3 cm³/mol. The number of nitrogens with two attached hydrogens (primary N) is 1. The summed E-state index contributed by atoms with van der Waals surface area (Å²) < 4.78 is 23.9. The second-order valence-electron chi connectivity index (χ2n) is 5.86. The highest BCUT2D eigenvalue weighted by molar-refractivity contribution is 6.01. The van der Waals surface area contributed by atoms with Gasteiger partial charge in [0.1, 0.15) is 12.4 Å². The SMILES string of the molecule is COc1cc2c(OC[C@H]3NC(=O)CC3CF)nccc2cc1C(N)=O. The van der Waals surface area contributed by atoms with E-state index in [0.29, 0.717) is 22.4 Å². The number of halogens is 1. The fourth-order valence-corrected chi connectivity index (χ4v) is 2.92. The lowest BCUT2D eigenvalue weighted by Gasteiger charge is -2.17. The number of fused-ring (bicyclic) bond motifs is 1. The molecule has 0 aliphatic carbocycles. The van der Waals surface area contributed by atoms with Crippen LogP contribution in [0.15, 0.2) is 24.4 Å². The third-order valence-corrected chi connectivity index (χ3v) is 4.27. The number of carbonyl (C=O) groups excluding carboxylic acids is 2. The number of aromatic nitrogens is 1. The zero-order valence-electron chi connectivity index (χ0n) is 13.6. The van der Waals surface area contributed by atoms with Crippen LogP contribution in [0.2, 0.25) is 0 Å². The lowest BCUT2D eigenvalue weighted by molar-refractivity contribution is -0.119. The molecular formula is C17H18FN3O4. The van der Waals surface area contributed by atoms with Crippen molar-refractivity contribution in [1.82, 2.24) is 10.3 Å². The molecule has 0 saturated carbocycles. The van der Waals surface area contributed by atoms with Gasteiger partial charge in [0.05, 0.1) is 25.4 Å². The van der Waals surface area contributed by atoms with Crippen LogP contribution in [-0.2, 0) is 4.79 Å². The van der Waals surface area contributed by atoms with Gasteiger partial charge in [-0.05, 0) is 23.6 Å². The first-order chi connectivity index (χ1) is 12.0. The topological polar surface area (TPSA) is 104 Å². The molecule has 1 saturated heterocycles. The molecule has 0 spiro atoms. The molecule has 0 bridgehead atoms. The number of alkyl halides is 1. The van der Waals surface area contributed by atoms with Crippen molar-refractivity contribution < 1.29 is 23.5 Å². The highest BCUT2D eigenvalue weighted by Gasteiger charge is 2.33. The highest BCUT2D eigenvalue weighted by Crippen LogP contribution is 2.31. The minimum atomic E-state index is -0.600. The van der Waals surface area contributed by atoms with E-state index in [9.17, 15) is 14.0 Å². The van der Waals surface area contributed by atoms with Gasteiger partial charge in [-0.15, -0.1) is 0 Å². The number of carbonyl (C=O) groups is 2. The van der Waals surface area contributed by atoms with Crippen LogP contribution >= 0.6 is 0 Å². The van der Waals surface area contributed by atoms with Crippen molar-refractivity contribution in [3.05, 3.63) is 30.0 Å². The maximum absolute atomic E-state index is 13.0. The van der Waals surface area contributed by atoms with Crippen molar-refractivity contribution in [2.24, 2.45) is 11.7 Å². The van der Waals surface area contributed by atoms with Crippen molar-refractivity contribution in [3.63, 3.8) is 0 Å². The Kier molecular flexibility index (Phi) is 4.69. The Morgan fingerprint density at radius 3 is 2.96 bits per heavy atom. The van der Waals surface area contributed by atoms with Crippen LogP contribution in [0.4, 0.5) is 4.39 Å². The molecule has 0 radical (unpaired) electrons. The third kappa shape index (κ3) is 3.33. The molecule has 7 nitrogen and oxygen atoms in total. The average Bonchev–Trinajstić information content (AvgIpc) is 2.98. The summed E-state index contributed by atoms with van der Waals surface area (Å²) in [7, 11) is 1.43. The summed E-state index contributed by atoms with van der Waals surface area (Å²) in [6, 6.07) is 4.54. The number of methoxy groups -OCH3 is 1. The summed E-state index contributed by atoms with van der Waals surface area (Å²) >= 11 is 0. The number of benzene rings is 1. The summed E-state index contributed by atoms with van der Waals surface area (Å²) in [5, 5.41) is 4.04. The molecule has 2 atom stereocenters. The molecule has 1 unspecified atom stereocenters. The molecule has 3 rings (SSSR count). The number of amides is 2. The number of hydrogen-bond acceptors (Lipinski definition) is 5. The molecular weight excluding hydrogens is 329 g/mol. The summed E-state index contributed by atoms with van der Waals surface area (Å²) in [6.07, 6.45) is 1.69. The van der Waals surface area contributed by atoms with Crippen LogP contribution in [0, 0.1) is 5.92 Å². The van der Waals surface area contributed by atoms with E-state index in [2.05, 4.69) is 10.3 Å². The van der Waals surface area contributed by atoms with E-state index in [1.165, 1.54) is 13.3 Å². The van der Waals surface area contributed by atoms with E-state index in [0.717, 1.165) is 0 Å². The van der Waals surface area contributed by atoms with Gasteiger partial charge in [0.2, 0.25) is 11.8 Å². The zero-order chi connectivity index (χ0) is 18.0. The normalized spacial score (nSPS) is 19.7. The van der Waals surface area contributed by atoms with E-state index in [4.69, 9.17) is 15.2 Å². The van der Waals surface area contributed by atoms with Crippen molar-refractivity contribution >= 4 is 22.6 Å². The largest absolute Gasteiger partial charge is 0.496 e. The fourth-order valence-electron chi connectivity index (χ4n) is 2.92. The number of rotatable bonds is 6. The van der Waals surface area contributed by atoms with E-state index in [-0.39, 0.29) is 24.5 Å². The maximum Gasteiger partial charge on any atom is 0.252 e. The first-order valence-corrected chi connectivity index (χ1v) is 7.78. The summed E-state index contributed by atoms with van der Waals surface area (Å²) in [5.74, 6) is -0.565. The van der Waals surface area contributed by atoms with Gasteiger partial charge in [0, 0.05) is 23.9 Å². The second-order valence-corrected chi connectivity index (χ2v) is 5.86.